The molecular formula is C20H26O7. The van der Waals surface area contributed by atoms with Crippen molar-refractivity contribution in [3.8, 4) is 11.8 Å². The maximum Gasteiger partial charge on any atom is 0.307 e. The summed E-state index contributed by atoms with van der Waals surface area (Å²) in [6.45, 7) is 7.84. The minimum Gasteiger partial charge on any atom is -0.466 e. The fourth-order valence-corrected chi connectivity index (χ4v) is 2.17. The fourth-order valence-electron chi connectivity index (χ4n) is 2.17. The number of allylic oxidation sites excluding steroid dienone is 2. The van der Waals surface area contributed by atoms with Gasteiger partial charge in [-0.25, -0.2) is 0 Å². The Morgan fingerprint density at radius 3 is 2.33 bits per heavy atom. The Morgan fingerprint density at radius 2 is 1.78 bits per heavy atom. The lowest BCUT2D eigenvalue weighted by molar-refractivity contribution is -0.146. The molecule has 1 saturated heterocycles. The van der Waals surface area contributed by atoms with Gasteiger partial charge in [0.05, 0.1) is 12.9 Å². The summed E-state index contributed by atoms with van der Waals surface area (Å²) in [5.41, 5.74) is 1.61. The van der Waals surface area contributed by atoms with Crippen LogP contribution in [0.15, 0.2) is 23.5 Å². The second kappa shape index (κ2) is 11.2. The van der Waals surface area contributed by atoms with Crippen LogP contribution in [0, 0.1) is 11.8 Å². The number of carbonyl (C=O) groups excluding carboxylic acids is 3. The molecule has 1 fully saturated rings. The van der Waals surface area contributed by atoms with Crippen LogP contribution >= 0.6 is 0 Å². The smallest absolute Gasteiger partial charge is 0.307 e. The van der Waals surface area contributed by atoms with E-state index in [1.807, 2.05) is 13.8 Å². The lowest BCUT2D eigenvalue weighted by Gasteiger charge is -2.19. The highest BCUT2D eigenvalue weighted by Gasteiger charge is 2.40. The van der Waals surface area contributed by atoms with Crippen LogP contribution in [0.5, 0.6) is 0 Å². The number of epoxide rings is 1. The molecule has 1 heterocycles. The van der Waals surface area contributed by atoms with Gasteiger partial charge >= 0.3 is 17.9 Å². The monoisotopic (exact) mass is 378 g/mol. The van der Waals surface area contributed by atoms with Crippen LogP contribution in [0.25, 0.3) is 0 Å². The molecule has 0 aromatic heterocycles. The van der Waals surface area contributed by atoms with E-state index >= 15 is 0 Å². The lowest BCUT2D eigenvalue weighted by atomic mass is 10.0. The first-order valence-electron chi connectivity index (χ1n) is 8.65. The van der Waals surface area contributed by atoms with E-state index in [-0.39, 0.29) is 25.2 Å². The fraction of sp³-hybridized carbons (Fsp3) is 0.550. The molecule has 0 unspecified atom stereocenters. The van der Waals surface area contributed by atoms with E-state index in [1.165, 1.54) is 27.0 Å². The zero-order valence-corrected chi connectivity index (χ0v) is 16.4. The molecule has 0 saturated carbocycles. The highest BCUT2D eigenvalue weighted by molar-refractivity contribution is 5.67. The maximum atomic E-state index is 11.5. The van der Waals surface area contributed by atoms with Gasteiger partial charge in [0, 0.05) is 39.2 Å². The molecule has 1 aliphatic heterocycles. The Hall–Kier alpha value is -2.59. The minimum atomic E-state index is -0.669. The summed E-state index contributed by atoms with van der Waals surface area (Å²) in [5.74, 6) is 4.49. The van der Waals surface area contributed by atoms with Crippen LogP contribution in [-0.2, 0) is 33.3 Å². The molecule has 0 N–H and O–H groups in total. The Balaban J connectivity index is 2.81. The van der Waals surface area contributed by atoms with Crippen molar-refractivity contribution in [3.63, 3.8) is 0 Å². The Kier molecular flexibility index (Phi) is 9.31. The molecule has 3 atom stereocenters. The largest absolute Gasteiger partial charge is 0.466 e. The summed E-state index contributed by atoms with van der Waals surface area (Å²) < 4.78 is 20.7. The van der Waals surface area contributed by atoms with Crippen LogP contribution in [-0.4, -0.2) is 42.8 Å². The lowest BCUT2D eigenvalue weighted by Crippen LogP contribution is -2.23. The highest BCUT2D eigenvalue weighted by atomic mass is 16.6. The summed E-state index contributed by atoms with van der Waals surface area (Å²) in [6, 6.07) is 0. The van der Waals surface area contributed by atoms with Crippen molar-refractivity contribution >= 4 is 17.9 Å². The van der Waals surface area contributed by atoms with E-state index in [9.17, 15) is 14.4 Å². The zero-order chi connectivity index (χ0) is 20.4. The van der Waals surface area contributed by atoms with E-state index in [4.69, 9.17) is 18.9 Å². The van der Waals surface area contributed by atoms with Crippen LogP contribution in [0.1, 0.15) is 47.5 Å². The van der Waals surface area contributed by atoms with Gasteiger partial charge in [-0.05, 0) is 19.9 Å². The third-order valence-electron chi connectivity index (χ3n) is 3.41. The number of hydrogen-bond acceptors (Lipinski definition) is 7. The summed E-state index contributed by atoms with van der Waals surface area (Å²) in [5, 5.41) is 0. The number of esters is 3. The molecule has 148 valence electrons. The SMILES string of the molecule is CC(=O)O/C=C(/CCOC(C)=O)[C@H](C[C@@H]1O[C@@H]1C#CC=C(C)C)OC(C)=O. The first-order chi connectivity index (χ1) is 12.7. The van der Waals surface area contributed by atoms with Crippen LogP contribution < -0.4 is 0 Å². The molecule has 0 bridgehead atoms. The molecule has 0 aromatic carbocycles. The van der Waals surface area contributed by atoms with Gasteiger partial charge in [-0.3, -0.25) is 14.4 Å². The van der Waals surface area contributed by atoms with Crippen molar-refractivity contribution in [3.05, 3.63) is 23.5 Å². The summed E-state index contributed by atoms with van der Waals surface area (Å²) >= 11 is 0. The molecule has 0 spiro atoms. The Labute approximate surface area is 159 Å². The van der Waals surface area contributed by atoms with Gasteiger partial charge in [0.1, 0.15) is 18.3 Å². The van der Waals surface area contributed by atoms with Crippen molar-refractivity contribution < 1.29 is 33.3 Å². The summed E-state index contributed by atoms with van der Waals surface area (Å²) in [6.07, 6.45) is 2.56. The van der Waals surface area contributed by atoms with Gasteiger partial charge in [-0.2, -0.15) is 0 Å². The third-order valence-corrected chi connectivity index (χ3v) is 3.41. The molecule has 7 heteroatoms. The summed E-state index contributed by atoms with van der Waals surface area (Å²) in [4.78, 5) is 33.6. The van der Waals surface area contributed by atoms with Crippen LogP contribution in [0.3, 0.4) is 0 Å². The topological polar surface area (TPSA) is 91.4 Å². The standard InChI is InChI=1S/C20H26O7/c1-13(2)7-6-8-18-20(27-18)11-19(26-16(5)23)17(12-25-15(4)22)9-10-24-14(3)21/h7,12,18-20H,9-11H2,1-5H3/b17-12-/t18-,19+,20+/m1/s1. The van der Waals surface area contributed by atoms with E-state index < -0.39 is 24.0 Å². The predicted molar refractivity (Wildman–Crippen MR) is 97.1 cm³/mol. The molecule has 0 aliphatic carbocycles. The molecule has 1 rings (SSSR count). The van der Waals surface area contributed by atoms with Crippen molar-refractivity contribution in [2.24, 2.45) is 0 Å². The van der Waals surface area contributed by atoms with Crippen LogP contribution in [0.2, 0.25) is 0 Å². The van der Waals surface area contributed by atoms with Crippen molar-refractivity contribution in [1.29, 1.82) is 0 Å². The minimum absolute atomic E-state index is 0.0789. The molecule has 0 aromatic rings. The Morgan fingerprint density at radius 1 is 1.07 bits per heavy atom. The quantitative estimate of drug-likeness (QED) is 0.211. The second-order valence-corrected chi connectivity index (χ2v) is 6.33. The average molecular weight is 378 g/mol. The third kappa shape index (κ3) is 10.2. The second-order valence-electron chi connectivity index (χ2n) is 6.33. The Bertz CT molecular complexity index is 674. The van der Waals surface area contributed by atoms with Crippen molar-refractivity contribution in [1.82, 2.24) is 0 Å². The van der Waals surface area contributed by atoms with Gasteiger partial charge in [-0.15, -0.1) is 0 Å². The molecular weight excluding hydrogens is 352 g/mol. The molecule has 0 radical (unpaired) electrons. The van der Waals surface area contributed by atoms with E-state index in [2.05, 4.69) is 11.8 Å². The zero-order valence-electron chi connectivity index (χ0n) is 16.4. The van der Waals surface area contributed by atoms with E-state index in [1.54, 1.807) is 6.08 Å². The summed E-state index contributed by atoms with van der Waals surface area (Å²) in [7, 11) is 0. The van der Waals surface area contributed by atoms with E-state index in [0.717, 1.165) is 5.57 Å². The molecule has 27 heavy (non-hydrogen) atoms. The average Bonchev–Trinajstić information content (AvgIpc) is 3.26. The maximum absolute atomic E-state index is 11.5. The highest BCUT2D eigenvalue weighted by Crippen LogP contribution is 2.30. The van der Waals surface area contributed by atoms with Gasteiger partial charge in [0.15, 0.2) is 0 Å². The van der Waals surface area contributed by atoms with Gasteiger partial charge in [-0.1, -0.05) is 17.4 Å². The van der Waals surface area contributed by atoms with E-state index in [0.29, 0.717) is 12.0 Å². The molecule has 1 aliphatic rings. The van der Waals surface area contributed by atoms with Gasteiger partial charge < -0.3 is 18.9 Å². The number of rotatable bonds is 8. The first kappa shape index (κ1) is 22.5. The normalized spacial score (nSPS) is 19.1. The number of carbonyl (C=O) groups is 3. The van der Waals surface area contributed by atoms with Crippen molar-refractivity contribution in [2.75, 3.05) is 6.61 Å². The number of hydrogen-bond donors (Lipinski definition) is 0. The molecule has 7 nitrogen and oxygen atoms in total. The van der Waals surface area contributed by atoms with Gasteiger partial charge in [0.25, 0.3) is 0 Å². The van der Waals surface area contributed by atoms with Crippen LogP contribution in [0.4, 0.5) is 0 Å². The predicted octanol–water partition coefficient (Wildman–Crippen LogP) is 2.45. The molecule has 0 amide bonds. The number of ether oxygens (including phenoxy) is 4. The van der Waals surface area contributed by atoms with Gasteiger partial charge in [0.2, 0.25) is 0 Å². The first-order valence-corrected chi connectivity index (χ1v) is 8.65. The van der Waals surface area contributed by atoms with Crippen molar-refractivity contribution in [2.45, 2.75) is 65.8 Å².